The van der Waals surface area contributed by atoms with Crippen LogP contribution in [0, 0.1) is 0 Å². The molecule has 0 radical (unpaired) electrons. The van der Waals surface area contributed by atoms with Gasteiger partial charge in [0.1, 0.15) is 6.10 Å². The van der Waals surface area contributed by atoms with E-state index in [2.05, 4.69) is 0 Å². The van der Waals surface area contributed by atoms with Crippen LogP contribution in [0.25, 0.3) is 0 Å². The minimum Gasteiger partial charge on any atom is -0.382 e. The second-order valence-corrected chi connectivity index (χ2v) is 4.92. The number of hydrogen-bond donors (Lipinski definition) is 0. The molecular weight excluding hydrogens is 299 g/mol. The number of ether oxygens (including phenoxy) is 2. The molecule has 0 saturated heterocycles. The van der Waals surface area contributed by atoms with Gasteiger partial charge in [-0.15, -0.1) is 0 Å². The Morgan fingerprint density at radius 1 is 1.32 bits per heavy atom. The number of alkyl halides is 3. The van der Waals surface area contributed by atoms with Crippen molar-refractivity contribution in [3.63, 3.8) is 0 Å². The van der Waals surface area contributed by atoms with Gasteiger partial charge in [-0.05, 0) is 24.6 Å². The molecule has 1 aromatic carbocycles. The van der Waals surface area contributed by atoms with Gasteiger partial charge < -0.3 is 14.4 Å². The molecule has 0 aromatic heterocycles. The maximum Gasteiger partial charge on any atom is 0.416 e. The fourth-order valence-electron chi connectivity index (χ4n) is 2.05. The van der Waals surface area contributed by atoms with Gasteiger partial charge in [0, 0.05) is 21.3 Å². The third-order valence-corrected chi connectivity index (χ3v) is 3.44. The molecule has 0 fully saturated rings. The van der Waals surface area contributed by atoms with Crippen molar-refractivity contribution in [1.29, 1.82) is 0 Å². The molecule has 1 aromatic rings. The molecule has 0 aliphatic heterocycles. The van der Waals surface area contributed by atoms with Crippen molar-refractivity contribution in [1.82, 2.24) is 4.90 Å². The Bertz CT molecular complexity index is 505. The lowest BCUT2D eigenvalue weighted by Gasteiger charge is -2.30. The van der Waals surface area contributed by atoms with Crippen LogP contribution >= 0.6 is 0 Å². The van der Waals surface area contributed by atoms with Crippen LogP contribution < -0.4 is 0 Å². The first kappa shape index (κ1) is 18.4. The van der Waals surface area contributed by atoms with Gasteiger partial charge in [-0.1, -0.05) is 12.1 Å². The predicted octanol–water partition coefficient (Wildman–Crippen LogP) is 2.89. The van der Waals surface area contributed by atoms with Crippen LogP contribution in [0.1, 0.15) is 24.1 Å². The number of hydrogen-bond acceptors (Lipinski definition) is 3. The number of benzene rings is 1. The maximum absolute atomic E-state index is 12.8. The Hall–Kier alpha value is -1.60. The second kappa shape index (κ2) is 7.60. The summed E-state index contributed by atoms with van der Waals surface area (Å²) in [5.74, 6) is -0.332. The Kier molecular flexibility index (Phi) is 6.37. The molecule has 1 amide bonds. The van der Waals surface area contributed by atoms with E-state index in [9.17, 15) is 18.0 Å². The van der Waals surface area contributed by atoms with E-state index >= 15 is 0 Å². The molecular formula is C15H20F3NO3. The van der Waals surface area contributed by atoms with Gasteiger partial charge in [-0.2, -0.15) is 13.2 Å². The average Bonchev–Trinajstić information content (AvgIpc) is 2.49. The summed E-state index contributed by atoms with van der Waals surface area (Å²) in [6.07, 6.45) is -5.12. The van der Waals surface area contributed by atoms with Gasteiger partial charge in [-0.25, -0.2) is 0 Å². The summed E-state index contributed by atoms with van der Waals surface area (Å²) in [5, 5.41) is 0. The molecule has 0 saturated carbocycles. The van der Waals surface area contributed by atoms with Gasteiger partial charge in [0.25, 0.3) is 5.91 Å². The monoisotopic (exact) mass is 319 g/mol. The summed E-state index contributed by atoms with van der Waals surface area (Å²) in [4.78, 5) is 13.5. The highest BCUT2D eigenvalue weighted by Crippen LogP contribution is 2.32. The van der Waals surface area contributed by atoms with E-state index in [-0.39, 0.29) is 12.5 Å². The zero-order valence-electron chi connectivity index (χ0n) is 13.0. The highest BCUT2D eigenvalue weighted by Gasteiger charge is 2.32. The number of rotatable bonds is 6. The molecule has 7 heteroatoms. The molecule has 0 bridgehead atoms. The van der Waals surface area contributed by atoms with Gasteiger partial charge in [0.15, 0.2) is 0 Å². The Morgan fingerprint density at radius 3 is 2.45 bits per heavy atom. The second-order valence-electron chi connectivity index (χ2n) is 4.92. The van der Waals surface area contributed by atoms with Crippen LogP contribution in [0.5, 0.6) is 0 Å². The van der Waals surface area contributed by atoms with Gasteiger partial charge in [0.05, 0.1) is 18.2 Å². The largest absolute Gasteiger partial charge is 0.416 e. The van der Waals surface area contributed by atoms with Crippen molar-refractivity contribution in [2.45, 2.75) is 25.2 Å². The van der Waals surface area contributed by atoms with Crippen molar-refractivity contribution < 1.29 is 27.4 Å². The first-order valence-corrected chi connectivity index (χ1v) is 6.68. The molecule has 22 heavy (non-hydrogen) atoms. The number of nitrogens with zero attached hydrogens (tertiary/aromatic N) is 1. The van der Waals surface area contributed by atoms with Crippen molar-refractivity contribution in [2.75, 3.05) is 27.9 Å². The van der Waals surface area contributed by atoms with E-state index in [4.69, 9.17) is 9.47 Å². The molecule has 4 nitrogen and oxygen atoms in total. The first-order valence-electron chi connectivity index (χ1n) is 6.68. The van der Waals surface area contributed by atoms with Crippen LogP contribution in [0.15, 0.2) is 24.3 Å². The van der Waals surface area contributed by atoms with Crippen LogP contribution in [-0.2, 0) is 20.4 Å². The predicted molar refractivity (Wildman–Crippen MR) is 75.3 cm³/mol. The molecule has 0 aliphatic rings. The Labute approximate surface area is 127 Å². The van der Waals surface area contributed by atoms with E-state index in [1.807, 2.05) is 0 Å². The van der Waals surface area contributed by atoms with Crippen molar-refractivity contribution >= 4 is 5.91 Å². The fraction of sp³-hybridized carbons (Fsp3) is 0.533. The zero-order valence-corrected chi connectivity index (χ0v) is 13.0. The van der Waals surface area contributed by atoms with E-state index < -0.39 is 23.9 Å². The number of methoxy groups -OCH3 is 2. The third-order valence-electron chi connectivity index (χ3n) is 3.44. The summed E-state index contributed by atoms with van der Waals surface area (Å²) in [5.41, 5.74) is -0.400. The number of carbonyl (C=O) groups excluding carboxylic acids is 1. The van der Waals surface area contributed by atoms with E-state index in [1.165, 1.54) is 32.2 Å². The summed E-state index contributed by atoms with van der Waals surface area (Å²) < 4.78 is 48.5. The van der Waals surface area contributed by atoms with Gasteiger partial charge in [0.2, 0.25) is 0 Å². The van der Waals surface area contributed by atoms with Crippen molar-refractivity contribution in [3.05, 3.63) is 35.4 Å². The van der Waals surface area contributed by atoms with E-state index in [0.29, 0.717) is 5.56 Å². The normalized spacial score (nSPS) is 14.5. The molecule has 1 rings (SSSR count). The molecule has 0 unspecified atom stereocenters. The molecule has 0 heterocycles. The average molecular weight is 319 g/mol. The van der Waals surface area contributed by atoms with Crippen LogP contribution in [0.2, 0.25) is 0 Å². The smallest absolute Gasteiger partial charge is 0.382 e. The lowest BCUT2D eigenvalue weighted by atomic mass is 10.0. The standard InChI is InChI=1S/C15H20F3NO3/c1-10(22-4)14(20)19(2)13(9-21-3)11-6-5-7-12(8-11)15(16,17)18/h5-8,10,13H,9H2,1-4H3/t10-,13-/m0/s1. The topological polar surface area (TPSA) is 38.8 Å². The number of likely N-dealkylation sites (N-methyl/N-ethyl adjacent to an activating group) is 1. The van der Waals surface area contributed by atoms with Crippen molar-refractivity contribution in [2.24, 2.45) is 0 Å². The van der Waals surface area contributed by atoms with Crippen LogP contribution in [-0.4, -0.2) is 44.8 Å². The van der Waals surface area contributed by atoms with Crippen LogP contribution in [0.4, 0.5) is 13.2 Å². The summed E-state index contributed by atoms with van der Waals surface area (Å²) >= 11 is 0. The fourth-order valence-corrected chi connectivity index (χ4v) is 2.05. The highest BCUT2D eigenvalue weighted by molar-refractivity contribution is 5.80. The molecule has 0 N–H and O–H groups in total. The lowest BCUT2D eigenvalue weighted by Crippen LogP contribution is -2.40. The number of carbonyl (C=O) groups is 1. The summed E-state index contributed by atoms with van der Waals surface area (Å²) in [6, 6.07) is 4.26. The maximum atomic E-state index is 12.8. The minimum atomic E-state index is -4.43. The third kappa shape index (κ3) is 4.45. The zero-order chi connectivity index (χ0) is 16.9. The molecule has 2 atom stereocenters. The van der Waals surface area contributed by atoms with E-state index in [0.717, 1.165) is 12.1 Å². The quantitative estimate of drug-likeness (QED) is 0.809. The van der Waals surface area contributed by atoms with E-state index in [1.54, 1.807) is 13.0 Å². The first-order chi connectivity index (χ1) is 10.2. The number of amides is 1. The van der Waals surface area contributed by atoms with Crippen molar-refractivity contribution in [3.8, 4) is 0 Å². The minimum absolute atomic E-state index is 0.0833. The summed E-state index contributed by atoms with van der Waals surface area (Å²) in [6.45, 7) is 1.66. The summed E-state index contributed by atoms with van der Waals surface area (Å²) in [7, 11) is 4.34. The Morgan fingerprint density at radius 2 is 1.95 bits per heavy atom. The number of halogens is 3. The molecule has 0 aliphatic carbocycles. The van der Waals surface area contributed by atoms with Gasteiger partial charge in [-0.3, -0.25) is 4.79 Å². The highest BCUT2D eigenvalue weighted by atomic mass is 19.4. The Balaban J connectivity index is 3.13. The SMILES string of the molecule is COC[C@@H](c1cccc(C(F)(F)F)c1)N(C)C(=O)[C@H](C)OC. The lowest BCUT2D eigenvalue weighted by molar-refractivity contribution is -0.143. The molecule has 124 valence electrons. The molecule has 0 spiro atoms. The van der Waals surface area contributed by atoms with Gasteiger partial charge >= 0.3 is 6.18 Å². The van der Waals surface area contributed by atoms with Crippen LogP contribution in [0.3, 0.4) is 0 Å².